The van der Waals surface area contributed by atoms with Crippen LogP contribution < -0.4 is 10.2 Å². The predicted octanol–water partition coefficient (Wildman–Crippen LogP) is 5.38. The molecule has 0 saturated carbocycles. The average Bonchev–Trinajstić information content (AvgIpc) is 2.77. The molecule has 0 atom stereocenters. The summed E-state index contributed by atoms with van der Waals surface area (Å²) in [5, 5.41) is 3.50. The largest absolute Gasteiger partial charge is 0.348 e. The van der Waals surface area contributed by atoms with Crippen molar-refractivity contribution in [2.24, 2.45) is 0 Å². The van der Waals surface area contributed by atoms with Crippen molar-refractivity contribution in [3.8, 4) is 0 Å². The van der Waals surface area contributed by atoms with Gasteiger partial charge in [-0.25, -0.2) is 0 Å². The van der Waals surface area contributed by atoms with Crippen LogP contribution in [-0.2, 0) is 11.3 Å². The zero-order valence-electron chi connectivity index (χ0n) is 16.3. The maximum absolute atomic E-state index is 12.8. The van der Waals surface area contributed by atoms with Crippen molar-refractivity contribution < 1.29 is 9.59 Å². The van der Waals surface area contributed by atoms with Gasteiger partial charge in [0.1, 0.15) is 0 Å². The third kappa shape index (κ3) is 4.27. The van der Waals surface area contributed by atoms with Gasteiger partial charge in [-0.2, -0.15) is 0 Å². The van der Waals surface area contributed by atoms with E-state index in [1.54, 1.807) is 30.1 Å². The highest BCUT2D eigenvalue weighted by atomic mass is 35.5. The van der Waals surface area contributed by atoms with Crippen molar-refractivity contribution in [3.05, 3.63) is 99.4 Å². The summed E-state index contributed by atoms with van der Waals surface area (Å²) in [5.74, 6) is -0.306. The molecule has 1 aliphatic rings. The van der Waals surface area contributed by atoms with Gasteiger partial charge >= 0.3 is 0 Å². The lowest BCUT2D eigenvalue weighted by Gasteiger charge is -2.27. The lowest BCUT2D eigenvalue weighted by atomic mass is 10.1. The van der Waals surface area contributed by atoms with Gasteiger partial charge in [-0.3, -0.25) is 9.59 Å². The highest BCUT2D eigenvalue weighted by molar-refractivity contribution is 8.04. The molecule has 0 radical (unpaired) electrons. The molecule has 0 fully saturated rings. The van der Waals surface area contributed by atoms with E-state index in [-0.39, 0.29) is 11.8 Å². The second-order valence-electron chi connectivity index (χ2n) is 6.84. The Bertz CT molecular complexity index is 1140. The van der Waals surface area contributed by atoms with E-state index in [2.05, 4.69) is 5.32 Å². The van der Waals surface area contributed by atoms with E-state index in [1.807, 2.05) is 60.7 Å². The highest BCUT2D eigenvalue weighted by Gasteiger charge is 2.27. The van der Waals surface area contributed by atoms with Crippen LogP contribution in [0.15, 0.2) is 82.6 Å². The predicted molar refractivity (Wildman–Crippen MR) is 123 cm³/mol. The van der Waals surface area contributed by atoms with Crippen LogP contribution in [0.5, 0.6) is 0 Å². The maximum Gasteiger partial charge on any atom is 0.264 e. The number of thioether (sulfide) groups is 1. The minimum atomic E-state index is -0.214. The first-order valence-electron chi connectivity index (χ1n) is 9.41. The number of nitrogens with zero attached hydrogens (tertiary/aromatic N) is 1. The van der Waals surface area contributed by atoms with Crippen LogP contribution in [0.2, 0.25) is 5.02 Å². The van der Waals surface area contributed by atoms with Gasteiger partial charge in [-0.15, -0.1) is 0 Å². The number of carbonyl (C=O) groups is 2. The fourth-order valence-electron chi connectivity index (χ4n) is 3.16. The van der Waals surface area contributed by atoms with Gasteiger partial charge in [0.25, 0.3) is 11.8 Å². The Balaban J connectivity index is 1.54. The standard InChI is InChI=1S/C24H19ClN2O2S/c1-27-20-14-17(23(28)26-15-18-9-5-6-10-19(18)25)11-12-21(20)30-22(24(27)29)13-16-7-3-2-4-8-16/h2-14H,15H2,1H3,(H,26,28). The van der Waals surface area contributed by atoms with Gasteiger partial charge in [0.05, 0.1) is 10.6 Å². The molecule has 1 N–H and O–H groups in total. The summed E-state index contributed by atoms with van der Waals surface area (Å²) in [7, 11) is 1.73. The number of anilines is 1. The number of benzene rings is 3. The Labute approximate surface area is 184 Å². The molecule has 6 heteroatoms. The zero-order chi connectivity index (χ0) is 21.1. The maximum atomic E-state index is 12.8. The van der Waals surface area contributed by atoms with Crippen LogP contribution in [0.4, 0.5) is 5.69 Å². The molecule has 1 aliphatic heterocycles. The highest BCUT2D eigenvalue weighted by Crippen LogP contribution is 2.42. The van der Waals surface area contributed by atoms with E-state index in [0.717, 1.165) is 21.7 Å². The number of likely N-dealkylation sites (N-methyl/N-ethyl adjacent to an activating group) is 1. The van der Waals surface area contributed by atoms with Crippen molar-refractivity contribution in [1.82, 2.24) is 5.32 Å². The molecular formula is C24H19ClN2O2S. The van der Waals surface area contributed by atoms with Gasteiger partial charge < -0.3 is 10.2 Å². The summed E-state index contributed by atoms with van der Waals surface area (Å²) in [6, 6.07) is 22.5. The number of hydrogen-bond acceptors (Lipinski definition) is 3. The molecule has 3 aromatic carbocycles. The van der Waals surface area contributed by atoms with Gasteiger partial charge in [0, 0.05) is 29.1 Å². The summed E-state index contributed by atoms with van der Waals surface area (Å²) in [4.78, 5) is 28.6. The molecule has 0 saturated heterocycles. The van der Waals surface area contributed by atoms with Crippen LogP contribution in [0.3, 0.4) is 0 Å². The van der Waals surface area contributed by atoms with Crippen LogP contribution in [0.25, 0.3) is 6.08 Å². The Morgan fingerprint density at radius 1 is 1.07 bits per heavy atom. The first-order chi connectivity index (χ1) is 14.5. The van der Waals surface area contributed by atoms with E-state index >= 15 is 0 Å². The number of carbonyl (C=O) groups excluding carboxylic acids is 2. The minimum Gasteiger partial charge on any atom is -0.348 e. The number of fused-ring (bicyclic) bond motifs is 1. The van der Waals surface area contributed by atoms with Crippen molar-refractivity contribution in [2.45, 2.75) is 11.4 Å². The lowest BCUT2D eigenvalue weighted by Crippen LogP contribution is -2.31. The smallest absolute Gasteiger partial charge is 0.264 e. The summed E-state index contributed by atoms with van der Waals surface area (Å²) >= 11 is 7.57. The molecule has 150 valence electrons. The van der Waals surface area contributed by atoms with Crippen molar-refractivity contribution in [1.29, 1.82) is 0 Å². The second kappa shape index (κ2) is 8.78. The summed E-state index contributed by atoms with van der Waals surface area (Å²) < 4.78 is 0. The number of halogens is 1. The molecule has 0 aliphatic carbocycles. The van der Waals surface area contributed by atoms with Gasteiger partial charge in [0.15, 0.2) is 0 Å². The molecule has 3 aromatic rings. The first kappa shape index (κ1) is 20.3. The molecule has 0 aromatic heterocycles. The fraction of sp³-hybridized carbons (Fsp3) is 0.0833. The van der Waals surface area contributed by atoms with Crippen molar-refractivity contribution in [2.75, 3.05) is 11.9 Å². The minimum absolute atomic E-state index is 0.0926. The molecule has 4 nitrogen and oxygen atoms in total. The first-order valence-corrected chi connectivity index (χ1v) is 10.6. The Morgan fingerprint density at radius 3 is 2.57 bits per heavy atom. The van der Waals surface area contributed by atoms with Crippen LogP contribution >= 0.6 is 23.4 Å². The normalized spacial score (nSPS) is 14.5. The molecular weight excluding hydrogens is 416 g/mol. The third-order valence-corrected chi connectivity index (χ3v) is 6.26. The number of hydrogen-bond donors (Lipinski definition) is 1. The lowest BCUT2D eigenvalue weighted by molar-refractivity contribution is -0.114. The molecule has 1 heterocycles. The van der Waals surface area contributed by atoms with E-state index in [4.69, 9.17) is 11.6 Å². The van der Waals surface area contributed by atoms with E-state index in [1.165, 1.54) is 11.8 Å². The SMILES string of the molecule is CN1C(=O)C(=Cc2ccccc2)Sc2ccc(C(=O)NCc3ccccc3Cl)cc21. The Kier molecular flexibility index (Phi) is 5.93. The molecule has 0 spiro atoms. The molecule has 0 bridgehead atoms. The molecule has 30 heavy (non-hydrogen) atoms. The van der Waals surface area contributed by atoms with Gasteiger partial charge in [-0.1, -0.05) is 71.9 Å². The van der Waals surface area contributed by atoms with E-state index in [9.17, 15) is 9.59 Å². The van der Waals surface area contributed by atoms with Crippen molar-refractivity contribution >= 4 is 46.9 Å². The molecule has 2 amide bonds. The number of amides is 2. The average molecular weight is 435 g/mol. The quantitative estimate of drug-likeness (QED) is 0.561. The Hall–Kier alpha value is -3.02. The van der Waals surface area contributed by atoms with Crippen LogP contribution in [0, 0.1) is 0 Å². The van der Waals surface area contributed by atoms with Crippen LogP contribution in [-0.4, -0.2) is 18.9 Å². The van der Waals surface area contributed by atoms with E-state index < -0.39 is 0 Å². The fourth-order valence-corrected chi connectivity index (χ4v) is 4.45. The van der Waals surface area contributed by atoms with Gasteiger partial charge in [-0.05, 0) is 41.5 Å². The van der Waals surface area contributed by atoms with E-state index in [0.29, 0.717) is 22.0 Å². The summed E-state index contributed by atoms with van der Waals surface area (Å²) in [5.41, 5.74) is 3.04. The number of nitrogens with one attached hydrogen (secondary N) is 1. The molecule has 4 rings (SSSR count). The summed E-state index contributed by atoms with van der Waals surface area (Å²) in [6.45, 7) is 0.336. The second-order valence-corrected chi connectivity index (χ2v) is 8.33. The Morgan fingerprint density at radius 2 is 1.80 bits per heavy atom. The third-order valence-electron chi connectivity index (χ3n) is 4.81. The van der Waals surface area contributed by atoms with Crippen LogP contribution in [0.1, 0.15) is 21.5 Å². The summed E-state index contributed by atoms with van der Waals surface area (Å²) in [6.07, 6.45) is 1.89. The molecule has 0 unspecified atom stereocenters. The number of rotatable bonds is 4. The monoisotopic (exact) mass is 434 g/mol. The topological polar surface area (TPSA) is 49.4 Å². The van der Waals surface area contributed by atoms with Crippen molar-refractivity contribution in [3.63, 3.8) is 0 Å². The van der Waals surface area contributed by atoms with Gasteiger partial charge in [0.2, 0.25) is 0 Å². The zero-order valence-corrected chi connectivity index (χ0v) is 17.8.